The fraction of sp³-hybridized carbons (Fsp3) is 0.896. The highest BCUT2D eigenvalue weighted by molar-refractivity contribution is 7.46. The van der Waals surface area contributed by atoms with Gasteiger partial charge in [0.1, 0.15) is 12.4 Å². The van der Waals surface area contributed by atoms with Crippen LogP contribution in [0.5, 0.6) is 0 Å². The van der Waals surface area contributed by atoms with Crippen LogP contribution in [0.1, 0.15) is 220 Å². The van der Waals surface area contributed by atoms with Gasteiger partial charge in [-0.1, -0.05) is 174 Å². The van der Waals surface area contributed by atoms with E-state index < -0.39 is 69.2 Å². The lowest BCUT2D eigenvalue weighted by atomic mass is 9.87. The molecule has 0 saturated heterocycles. The molecular formula is C48H89O12P. The van der Waals surface area contributed by atoms with Gasteiger partial charge in [-0.05, 0) is 31.6 Å². The molecule has 13 heteroatoms. The number of ketones is 1. The second kappa shape index (κ2) is 36.7. The Morgan fingerprint density at radius 1 is 0.656 bits per heavy atom. The monoisotopic (exact) mass is 889 g/mol. The van der Waals surface area contributed by atoms with Crippen molar-refractivity contribution < 1.29 is 58.1 Å². The number of rotatable bonds is 41. The minimum Gasteiger partial charge on any atom is -0.462 e. The Hall–Kier alpha value is -1.66. The molecule has 0 heterocycles. The van der Waals surface area contributed by atoms with E-state index >= 15 is 0 Å². The smallest absolute Gasteiger partial charge is 0.462 e. The van der Waals surface area contributed by atoms with E-state index in [9.17, 15) is 34.3 Å². The molecule has 1 saturated carbocycles. The third-order valence-corrected chi connectivity index (χ3v) is 12.8. The third-order valence-electron chi connectivity index (χ3n) is 12.3. The maximum absolute atomic E-state index is 12.8. The van der Waals surface area contributed by atoms with Gasteiger partial charge in [0.15, 0.2) is 6.10 Å². The summed E-state index contributed by atoms with van der Waals surface area (Å²) in [5, 5.41) is 31.2. The molecule has 61 heavy (non-hydrogen) atoms. The molecule has 1 aliphatic rings. The first-order valence-corrected chi connectivity index (χ1v) is 26.1. The fourth-order valence-electron chi connectivity index (χ4n) is 8.17. The summed E-state index contributed by atoms with van der Waals surface area (Å²) in [5.41, 5.74) is 0. The molecule has 1 unspecified atom stereocenters. The highest BCUT2D eigenvalue weighted by atomic mass is 31.2. The number of ether oxygens (including phenoxy) is 2. The van der Waals surface area contributed by atoms with E-state index in [0.29, 0.717) is 25.7 Å². The molecule has 1 aliphatic carbocycles. The molecule has 12 nitrogen and oxygen atoms in total. The molecule has 0 spiro atoms. The van der Waals surface area contributed by atoms with E-state index in [1.54, 1.807) is 12.2 Å². The number of phosphoric acid groups is 1. The Morgan fingerprint density at radius 2 is 1.15 bits per heavy atom. The van der Waals surface area contributed by atoms with Crippen molar-refractivity contribution in [3.8, 4) is 0 Å². The highest BCUT2D eigenvalue weighted by Gasteiger charge is 2.41. The Balaban J connectivity index is 2.19. The van der Waals surface area contributed by atoms with Crippen molar-refractivity contribution in [1.82, 2.24) is 0 Å². The number of aliphatic hydroxyl groups is 3. The topological polar surface area (TPSA) is 197 Å². The molecular weight excluding hydrogens is 799 g/mol. The summed E-state index contributed by atoms with van der Waals surface area (Å²) in [5.74, 6) is -1.30. The zero-order chi connectivity index (χ0) is 45.1. The number of carbonyl (C=O) groups excluding carboxylic acids is 3. The lowest BCUT2D eigenvalue weighted by Gasteiger charge is -2.20. The van der Waals surface area contributed by atoms with E-state index in [2.05, 4.69) is 25.3 Å². The molecule has 0 aliphatic heterocycles. The molecule has 0 aromatic rings. The number of esters is 2. The molecule has 7 atom stereocenters. The van der Waals surface area contributed by atoms with Crippen molar-refractivity contribution in [2.75, 3.05) is 13.2 Å². The average Bonchev–Trinajstić information content (AvgIpc) is 3.48. The standard InChI is InChI=1S/C48H89O12P/c1-4-6-23-29-40(49)33-34-43-44(46(52)36-45(43)51)35-41(50)30-26-27-32-48(54)60-42(38-59-61(55,56)57)37-58-47(53)31-25-22-20-18-16-14-12-10-8-7-9-11-13-15-17-19-21-24-28-39(3)5-2/h33-34,39-40,42-46,49,51-52H,4-32,35-38H2,1-3H3,(H2,55,56,57)/b34-33+/t39?,40-,42+,43+,44+,45+,46-/m0/s1. The van der Waals surface area contributed by atoms with Gasteiger partial charge in [0, 0.05) is 43.9 Å². The van der Waals surface area contributed by atoms with Crippen molar-refractivity contribution >= 4 is 25.5 Å². The summed E-state index contributed by atoms with van der Waals surface area (Å²) < 4.78 is 26.4. The van der Waals surface area contributed by atoms with Crippen LogP contribution < -0.4 is 0 Å². The van der Waals surface area contributed by atoms with Gasteiger partial charge in [0.05, 0.1) is 24.9 Å². The van der Waals surface area contributed by atoms with E-state index in [1.165, 1.54) is 103 Å². The number of hydrogen-bond donors (Lipinski definition) is 5. The van der Waals surface area contributed by atoms with E-state index in [4.69, 9.17) is 19.3 Å². The van der Waals surface area contributed by atoms with Crippen molar-refractivity contribution in [3.05, 3.63) is 12.2 Å². The molecule has 0 radical (unpaired) electrons. The molecule has 5 N–H and O–H groups in total. The average molecular weight is 889 g/mol. The predicted molar refractivity (Wildman–Crippen MR) is 242 cm³/mol. The summed E-state index contributed by atoms with van der Waals surface area (Å²) in [6.45, 7) is 5.68. The minimum absolute atomic E-state index is 0.0655. The van der Waals surface area contributed by atoms with Crippen molar-refractivity contribution in [2.45, 2.75) is 244 Å². The second-order valence-electron chi connectivity index (χ2n) is 18.0. The Morgan fingerprint density at radius 3 is 1.69 bits per heavy atom. The Kier molecular flexibility index (Phi) is 34.5. The third kappa shape index (κ3) is 32.6. The van der Waals surface area contributed by atoms with Crippen LogP contribution in [-0.4, -0.2) is 80.5 Å². The van der Waals surface area contributed by atoms with Crippen molar-refractivity contribution in [3.63, 3.8) is 0 Å². The molecule has 1 rings (SSSR count). The zero-order valence-electron chi connectivity index (χ0n) is 38.6. The van der Waals surface area contributed by atoms with E-state index in [1.807, 2.05) is 0 Å². The number of aliphatic hydroxyl groups excluding tert-OH is 3. The van der Waals surface area contributed by atoms with Gasteiger partial charge in [0.2, 0.25) is 0 Å². The normalized spacial score (nSPS) is 19.6. The first-order chi connectivity index (χ1) is 29.2. The van der Waals surface area contributed by atoms with Crippen LogP contribution in [0.15, 0.2) is 12.2 Å². The number of phosphoric ester groups is 1. The maximum atomic E-state index is 12.8. The second-order valence-corrected chi connectivity index (χ2v) is 19.2. The van der Waals surface area contributed by atoms with Crippen molar-refractivity contribution in [2.24, 2.45) is 17.8 Å². The minimum atomic E-state index is -4.86. The lowest BCUT2D eigenvalue weighted by molar-refractivity contribution is -0.161. The molecule has 358 valence electrons. The SMILES string of the molecule is CCCCC[C@H](O)/C=C/[C@@H]1[C@@H](CC(=O)CCCCC(=O)O[C@H](COC(=O)CCCCCCCCCCCCCCCCCCCCC(C)CC)COP(=O)(O)O)[C@@H](O)C[C@H]1O. The van der Waals surface area contributed by atoms with Crippen LogP contribution in [0.25, 0.3) is 0 Å². The van der Waals surface area contributed by atoms with Crippen LogP contribution in [0.4, 0.5) is 0 Å². The first-order valence-electron chi connectivity index (χ1n) is 24.5. The molecule has 0 bridgehead atoms. The summed E-state index contributed by atoms with van der Waals surface area (Å²) in [7, 11) is -4.86. The van der Waals surface area contributed by atoms with Crippen LogP contribution in [-0.2, 0) is 32.9 Å². The largest absolute Gasteiger partial charge is 0.469 e. The van der Waals surface area contributed by atoms with Crippen LogP contribution in [0, 0.1) is 17.8 Å². The lowest BCUT2D eigenvalue weighted by Crippen LogP contribution is -2.29. The summed E-state index contributed by atoms with van der Waals surface area (Å²) >= 11 is 0. The number of unbranched alkanes of at least 4 members (excludes halogenated alkanes) is 20. The Bertz CT molecular complexity index is 1190. The zero-order valence-corrected chi connectivity index (χ0v) is 39.5. The predicted octanol–water partition coefficient (Wildman–Crippen LogP) is 10.8. The Labute approximate surface area is 370 Å². The van der Waals surface area contributed by atoms with Gasteiger partial charge in [-0.15, -0.1) is 0 Å². The van der Waals surface area contributed by atoms with Crippen molar-refractivity contribution in [1.29, 1.82) is 0 Å². The molecule has 1 fully saturated rings. The van der Waals surface area contributed by atoms with Gasteiger partial charge in [-0.3, -0.25) is 18.9 Å². The summed E-state index contributed by atoms with van der Waals surface area (Å²) in [6.07, 6.45) is 29.9. The van der Waals surface area contributed by atoms with E-state index in [-0.39, 0.29) is 37.9 Å². The number of carbonyl (C=O) groups is 3. The molecule has 0 amide bonds. The van der Waals surface area contributed by atoms with Gasteiger partial charge in [-0.2, -0.15) is 0 Å². The first kappa shape index (κ1) is 57.4. The van der Waals surface area contributed by atoms with Crippen LogP contribution in [0.2, 0.25) is 0 Å². The van der Waals surface area contributed by atoms with E-state index in [0.717, 1.165) is 44.4 Å². The fourth-order valence-corrected chi connectivity index (χ4v) is 8.53. The summed E-state index contributed by atoms with van der Waals surface area (Å²) in [4.78, 5) is 56.1. The number of Topliss-reactive ketones (excluding diaryl/α,β-unsaturated/α-hetero) is 1. The number of hydrogen-bond acceptors (Lipinski definition) is 10. The van der Waals surface area contributed by atoms with Gasteiger partial charge in [-0.25, -0.2) is 4.57 Å². The van der Waals surface area contributed by atoms with Gasteiger partial charge >= 0.3 is 19.8 Å². The van der Waals surface area contributed by atoms with Crippen LogP contribution >= 0.6 is 7.82 Å². The van der Waals surface area contributed by atoms with Gasteiger partial charge in [0.25, 0.3) is 0 Å². The van der Waals surface area contributed by atoms with Crippen LogP contribution in [0.3, 0.4) is 0 Å². The summed E-state index contributed by atoms with van der Waals surface area (Å²) in [6, 6.07) is 0. The maximum Gasteiger partial charge on any atom is 0.469 e. The molecule has 0 aromatic carbocycles. The highest BCUT2D eigenvalue weighted by Crippen LogP contribution is 2.37. The van der Waals surface area contributed by atoms with Gasteiger partial charge < -0.3 is 34.6 Å². The quantitative estimate of drug-likeness (QED) is 0.0169. The molecule has 0 aromatic heterocycles.